The van der Waals surface area contributed by atoms with E-state index in [1.54, 1.807) is 25.4 Å². The predicted molar refractivity (Wildman–Crippen MR) is 104 cm³/mol. The number of hydrogen-bond donors (Lipinski definition) is 0. The molecule has 0 N–H and O–H groups in total. The Labute approximate surface area is 163 Å². The molecule has 0 aliphatic carbocycles. The Morgan fingerprint density at radius 1 is 1.21 bits per heavy atom. The largest absolute Gasteiger partial charge is 0.455 e. The van der Waals surface area contributed by atoms with E-state index in [2.05, 4.69) is 10.1 Å². The van der Waals surface area contributed by atoms with E-state index < -0.39 is 10.9 Å². The van der Waals surface area contributed by atoms with Crippen molar-refractivity contribution in [3.8, 4) is 11.3 Å². The quantitative estimate of drug-likeness (QED) is 0.288. The summed E-state index contributed by atoms with van der Waals surface area (Å²) in [5.41, 5.74) is 2.13. The Morgan fingerprint density at radius 2 is 1.96 bits per heavy atom. The molecule has 4 aromatic rings. The van der Waals surface area contributed by atoms with Gasteiger partial charge in [-0.2, -0.15) is 5.10 Å². The van der Waals surface area contributed by atoms with E-state index in [-0.39, 0.29) is 17.9 Å². The molecule has 0 saturated carbocycles. The van der Waals surface area contributed by atoms with E-state index in [0.717, 1.165) is 10.2 Å². The summed E-state index contributed by atoms with van der Waals surface area (Å²) in [4.78, 5) is 27.4. The number of hydrogen-bond acceptors (Lipinski definition) is 7. The maximum absolute atomic E-state index is 12.6. The van der Waals surface area contributed by atoms with Crippen molar-refractivity contribution >= 4 is 33.2 Å². The van der Waals surface area contributed by atoms with Crippen LogP contribution in [0.4, 0.5) is 5.69 Å². The number of carbonyl (C=O) groups excluding carboxylic acids is 1. The van der Waals surface area contributed by atoms with Crippen molar-refractivity contribution in [2.45, 2.75) is 6.61 Å². The lowest BCUT2D eigenvalue weighted by molar-refractivity contribution is -0.384. The number of nitro benzene ring substituents is 1. The van der Waals surface area contributed by atoms with E-state index in [1.807, 2.05) is 24.3 Å². The summed E-state index contributed by atoms with van der Waals surface area (Å²) in [5, 5.41) is 15.8. The first kappa shape index (κ1) is 17.8. The average Bonchev–Trinajstić information content (AvgIpc) is 3.29. The van der Waals surface area contributed by atoms with Crippen molar-refractivity contribution in [1.82, 2.24) is 14.8 Å². The summed E-state index contributed by atoms with van der Waals surface area (Å²) in [6, 6.07) is 13.6. The minimum absolute atomic E-state index is 0.0281. The molecule has 0 radical (unpaired) electrons. The molecule has 2 heterocycles. The van der Waals surface area contributed by atoms with Gasteiger partial charge in [0, 0.05) is 30.9 Å². The van der Waals surface area contributed by atoms with Crippen molar-refractivity contribution < 1.29 is 14.5 Å². The Morgan fingerprint density at radius 3 is 2.68 bits per heavy atom. The number of non-ortho nitro benzene ring substituents is 1. The molecule has 0 unspecified atom stereocenters. The minimum atomic E-state index is -0.527. The zero-order valence-corrected chi connectivity index (χ0v) is 15.5. The van der Waals surface area contributed by atoms with Crippen LogP contribution in [-0.2, 0) is 18.4 Å². The fraction of sp³-hybridized carbons (Fsp3) is 0.105. The summed E-state index contributed by atoms with van der Waals surface area (Å²) in [5.74, 6) is -0.527. The van der Waals surface area contributed by atoms with Crippen molar-refractivity contribution in [2.24, 2.45) is 7.05 Å². The predicted octanol–water partition coefficient (Wildman–Crippen LogP) is 3.96. The van der Waals surface area contributed by atoms with Gasteiger partial charge < -0.3 is 4.74 Å². The molecule has 28 heavy (non-hydrogen) atoms. The molecular weight excluding hydrogens is 380 g/mol. The van der Waals surface area contributed by atoms with E-state index in [9.17, 15) is 14.9 Å². The molecule has 8 nitrogen and oxygen atoms in total. The molecule has 0 fully saturated rings. The van der Waals surface area contributed by atoms with Gasteiger partial charge in [-0.25, -0.2) is 9.78 Å². The molecule has 0 atom stereocenters. The lowest BCUT2D eigenvalue weighted by atomic mass is 10.1. The van der Waals surface area contributed by atoms with Crippen LogP contribution in [0.1, 0.15) is 15.4 Å². The van der Waals surface area contributed by atoms with Gasteiger partial charge in [-0.3, -0.25) is 14.8 Å². The highest BCUT2D eigenvalue weighted by Crippen LogP contribution is 2.26. The lowest BCUT2D eigenvalue weighted by Crippen LogP contribution is -2.05. The number of nitro groups is 1. The van der Waals surface area contributed by atoms with Crippen LogP contribution in [0.25, 0.3) is 21.5 Å². The summed E-state index contributed by atoms with van der Waals surface area (Å²) >= 11 is 1.47. The molecule has 0 spiro atoms. The van der Waals surface area contributed by atoms with Crippen molar-refractivity contribution in [3.05, 3.63) is 75.4 Å². The van der Waals surface area contributed by atoms with Gasteiger partial charge in [-0.15, -0.1) is 11.3 Å². The number of ether oxygens (including phenoxy) is 1. The van der Waals surface area contributed by atoms with E-state index in [1.165, 1.54) is 28.2 Å². The second-order valence-electron chi connectivity index (χ2n) is 6.02. The van der Waals surface area contributed by atoms with Crippen molar-refractivity contribution in [3.63, 3.8) is 0 Å². The second kappa shape index (κ2) is 7.20. The summed E-state index contributed by atoms with van der Waals surface area (Å²) < 4.78 is 7.96. The van der Waals surface area contributed by atoms with Crippen LogP contribution in [-0.4, -0.2) is 25.7 Å². The second-order valence-corrected chi connectivity index (χ2v) is 7.14. The van der Waals surface area contributed by atoms with Crippen LogP contribution in [0.2, 0.25) is 0 Å². The Balaban J connectivity index is 1.55. The third-order valence-corrected chi connectivity index (χ3v) is 5.08. The molecule has 0 amide bonds. The highest BCUT2D eigenvalue weighted by molar-refractivity contribution is 7.18. The van der Waals surface area contributed by atoms with Crippen LogP contribution in [0, 0.1) is 10.1 Å². The van der Waals surface area contributed by atoms with Gasteiger partial charge in [-0.1, -0.05) is 12.1 Å². The van der Waals surface area contributed by atoms with E-state index in [4.69, 9.17) is 4.74 Å². The number of esters is 1. The molecule has 2 aromatic carbocycles. The first-order valence-electron chi connectivity index (χ1n) is 8.31. The summed E-state index contributed by atoms with van der Waals surface area (Å²) in [6.07, 6.45) is 1.57. The van der Waals surface area contributed by atoms with Gasteiger partial charge in [0.1, 0.15) is 22.9 Å². The number of fused-ring (bicyclic) bond motifs is 1. The standard InChI is InChI=1S/C19H14N4O4S/c1-22-10-14(18(21-22)12-6-8-13(9-7-12)23(25)26)19(24)27-11-17-20-15-4-2-3-5-16(15)28-17/h2-10H,11H2,1H3. The number of thiazole rings is 1. The van der Waals surface area contributed by atoms with E-state index in [0.29, 0.717) is 16.3 Å². The van der Waals surface area contributed by atoms with Gasteiger partial charge in [-0.05, 0) is 24.3 Å². The fourth-order valence-electron chi connectivity index (χ4n) is 2.78. The van der Waals surface area contributed by atoms with Gasteiger partial charge in [0.05, 0.1) is 15.1 Å². The smallest absolute Gasteiger partial charge is 0.342 e. The third-order valence-electron chi connectivity index (χ3n) is 4.07. The Kier molecular flexibility index (Phi) is 4.58. The van der Waals surface area contributed by atoms with Crippen LogP contribution in [0.15, 0.2) is 54.7 Å². The Bertz CT molecular complexity index is 1150. The average molecular weight is 394 g/mol. The van der Waals surface area contributed by atoms with Crippen LogP contribution >= 0.6 is 11.3 Å². The number of rotatable bonds is 5. The number of aromatic nitrogens is 3. The minimum Gasteiger partial charge on any atom is -0.455 e. The molecule has 140 valence electrons. The zero-order chi connectivity index (χ0) is 19.7. The van der Waals surface area contributed by atoms with Gasteiger partial charge in [0.15, 0.2) is 0 Å². The molecule has 4 rings (SSSR count). The number of para-hydroxylation sites is 1. The molecule has 9 heteroatoms. The fourth-order valence-corrected chi connectivity index (χ4v) is 3.66. The van der Waals surface area contributed by atoms with Crippen LogP contribution in [0.3, 0.4) is 0 Å². The highest BCUT2D eigenvalue weighted by Gasteiger charge is 2.20. The number of carbonyl (C=O) groups is 1. The van der Waals surface area contributed by atoms with Crippen LogP contribution < -0.4 is 0 Å². The molecular formula is C19H14N4O4S. The number of nitrogens with zero attached hydrogens (tertiary/aromatic N) is 4. The monoisotopic (exact) mass is 394 g/mol. The number of aryl methyl sites for hydroxylation is 1. The van der Waals surface area contributed by atoms with E-state index >= 15 is 0 Å². The molecule has 0 bridgehead atoms. The maximum Gasteiger partial charge on any atom is 0.342 e. The summed E-state index contributed by atoms with van der Waals surface area (Å²) in [6.45, 7) is 0.0623. The van der Waals surface area contributed by atoms with Gasteiger partial charge in [0.2, 0.25) is 0 Å². The highest BCUT2D eigenvalue weighted by atomic mass is 32.1. The third kappa shape index (κ3) is 3.47. The van der Waals surface area contributed by atoms with Crippen molar-refractivity contribution in [1.29, 1.82) is 0 Å². The topological polar surface area (TPSA) is 100 Å². The van der Waals surface area contributed by atoms with Gasteiger partial charge in [0.25, 0.3) is 5.69 Å². The molecule has 0 aliphatic rings. The Hall–Kier alpha value is -3.59. The lowest BCUT2D eigenvalue weighted by Gasteiger charge is -2.03. The maximum atomic E-state index is 12.6. The zero-order valence-electron chi connectivity index (χ0n) is 14.7. The number of benzene rings is 2. The van der Waals surface area contributed by atoms with Gasteiger partial charge >= 0.3 is 5.97 Å². The normalized spacial score (nSPS) is 10.9. The SMILES string of the molecule is Cn1cc(C(=O)OCc2nc3ccccc3s2)c(-c2ccc([N+](=O)[O-])cc2)n1. The van der Waals surface area contributed by atoms with Crippen molar-refractivity contribution in [2.75, 3.05) is 0 Å². The summed E-state index contributed by atoms with van der Waals surface area (Å²) in [7, 11) is 1.69. The molecule has 0 saturated heterocycles. The first-order valence-corrected chi connectivity index (χ1v) is 9.13. The molecule has 2 aromatic heterocycles. The van der Waals surface area contributed by atoms with Crippen LogP contribution in [0.5, 0.6) is 0 Å². The molecule has 0 aliphatic heterocycles. The first-order chi connectivity index (χ1) is 13.5.